The highest BCUT2D eigenvalue weighted by Gasteiger charge is 2.06. The molecule has 1 N–H and O–H groups in total. The van der Waals surface area contributed by atoms with Crippen molar-refractivity contribution in [3.05, 3.63) is 23.8 Å². The summed E-state index contributed by atoms with van der Waals surface area (Å²) in [4.78, 5) is 2.14. The van der Waals surface area contributed by atoms with Crippen LogP contribution in [0, 0.1) is 18.8 Å². The molecule has 2 nitrogen and oxygen atoms in total. The predicted molar refractivity (Wildman–Crippen MR) is 82.6 cm³/mol. The Morgan fingerprint density at radius 1 is 1.17 bits per heavy atom. The monoisotopic (exact) mass is 248 g/mol. The average molecular weight is 248 g/mol. The van der Waals surface area contributed by atoms with Crippen LogP contribution in [-0.2, 0) is 0 Å². The van der Waals surface area contributed by atoms with Crippen LogP contribution in [0.5, 0.6) is 0 Å². The Hall–Kier alpha value is -1.18. The molecular formula is C16H28N2. The van der Waals surface area contributed by atoms with Crippen LogP contribution in [-0.4, -0.2) is 20.6 Å². The van der Waals surface area contributed by atoms with Gasteiger partial charge in [0.05, 0.1) is 0 Å². The highest BCUT2D eigenvalue weighted by Crippen LogP contribution is 2.22. The summed E-state index contributed by atoms with van der Waals surface area (Å²) in [7, 11) is 4.15. The summed E-state index contributed by atoms with van der Waals surface area (Å²) in [5, 5.41) is 3.57. The van der Waals surface area contributed by atoms with E-state index in [-0.39, 0.29) is 0 Å². The second kappa shape index (κ2) is 6.67. The van der Waals surface area contributed by atoms with Crippen molar-refractivity contribution in [1.29, 1.82) is 0 Å². The molecule has 0 radical (unpaired) electrons. The van der Waals surface area contributed by atoms with Crippen LogP contribution in [0.4, 0.5) is 11.4 Å². The van der Waals surface area contributed by atoms with Gasteiger partial charge in [-0.25, -0.2) is 0 Å². The molecule has 18 heavy (non-hydrogen) atoms. The predicted octanol–water partition coefficient (Wildman–Crippen LogP) is 4.16. The summed E-state index contributed by atoms with van der Waals surface area (Å²) >= 11 is 0. The fourth-order valence-corrected chi connectivity index (χ4v) is 2.30. The lowest BCUT2D eigenvalue weighted by Crippen LogP contribution is -2.14. The fourth-order valence-electron chi connectivity index (χ4n) is 2.30. The third kappa shape index (κ3) is 4.59. The molecule has 0 aliphatic rings. The minimum Gasteiger partial charge on any atom is -0.385 e. The van der Waals surface area contributed by atoms with Crippen LogP contribution in [0.2, 0.25) is 0 Å². The number of nitrogens with one attached hydrogen (secondary N) is 1. The first-order valence-electron chi connectivity index (χ1n) is 6.92. The van der Waals surface area contributed by atoms with Gasteiger partial charge in [-0.1, -0.05) is 20.8 Å². The zero-order chi connectivity index (χ0) is 13.7. The molecule has 0 aliphatic carbocycles. The largest absolute Gasteiger partial charge is 0.385 e. The van der Waals surface area contributed by atoms with Crippen molar-refractivity contribution in [1.82, 2.24) is 0 Å². The summed E-state index contributed by atoms with van der Waals surface area (Å²) in [6.45, 7) is 10.1. The van der Waals surface area contributed by atoms with Crippen molar-refractivity contribution in [2.45, 2.75) is 34.1 Å². The molecule has 0 saturated carbocycles. The van der Waals surface area contributed by atoms with Gasteiger partial charge in [0.25, 0.3) is 0 Å². The summed E-state index contributed by atoms with van der Waals surface area (Å²) in [6.07, 6.45) is 1.28. The van der Waals surface area contributed by atoms with E-state index in [4.69, 9.17) is 0 Å². The molecule has 0 heterocycles. The molecule has 1 aromatic carbocycles. The maximum absolute atomic E-state index is 3.57. The molecule has 1 rings (SSSR count). The Morgan fingerprint density at radius 2 is 1.83 bits per heavy atom. The van der Waals surface area contributed by atoms with Crippen molar-refractivity contribution < 1.29 is 0 Å². The lowest BCUT2D eigenvalue weighted by molar-refractivity contribution is 0.455. The number of aryl methyl sites for hydroxylation is 1. The molecule has 1 unspecified atom stereocenters. The standard InChI is InChI=1S/C16H28N2/c1-12(2)9-13(3)11-17-16-8-7-15(18(5)6)10-14(16)4/h7-8,10,12-13,17H,9,11H2,1-6H3. The van der Waals surface area contributed by atoms with Gasteiger partial charge < -0.3 is 10.2 Å². The molecule has 1 atom stereocenters. The first-order chi connectivity index (χ1) is 8.40. The van der Waals surface area contributed by atoms with Crippen LogP contribution >= 0.6 is 0 Å². The Kier molecular flexibility index (Phi) is 5.52. The van der Waals surface area contributed by atoms with Gasteiger partial charge in [-0.15, -0.1) is 0 Å². The minimum atomic E-state index is 0.720. The molecule has 0 saturated heterocycles. The first-order valence-corrected chi connectivity index (χ1v) is 6.92. The minimum absolute atomic E-state index is 0.720. The van der Waals surface area contributed by atoms with Gasteiger partial charge >= 0.3 is 0 Å². The van der Waals surface area contributed by atoms with Crippen LogP contribution in [0.1, 0.15) is 32.8 Å². The summed E-state index contributed by atoms with van der Waals surface area (Å²) in [5.74, 6) is 1.50. The molecule has 0 amide bonds. The fraction of sp³-hybridized carbons (Fsp3) is 0.625. The highest BCUT2D eigenvalue weighted by atomic mass is 15.1. The van der Waals surface area contributed by atoms with E-state index in [1.165, 1.54) is 23.4 Å². The molecule has 102 valence electrons. The molecule has 0 aliphatic heterocycles. The lowest BCUT2D eigenvalue weighted by atomic mass is 9.99. The number of hydrogen-bond acceptors (Lipinski definition) is 2. The van der Waals surface area contributed by atoms with E-state index >= 15 is 0 Å². The SMILES string of the molecule is Cc1cc(N(C)C)ccc1NCC(C)CC(C)C. The maximum atomic E-state index is 3.57. The normalized spacial score (nSPS) is 12.6. The van der Waals surface area contributed by atoms with Crippen LogP contribution in [0.3, 0.4) is 0 Å². The zero-order valence-corrected chi connectivity index (χ0v) is 12.7. The number of benzene rings is 1. The van der Waals surface area contributed by atoms with Crippen molar-refractivity contribution in [3.8, 4) is 0 Å². The number of hydrogen-bond donors (Lipinski definition) is 1. The lowest BCUT2D eigenvalue weighted by Gasteiger charge is -2.19. The Balaban J connectivity index is 2.58. The Bertz CT molecular complexity index is 369. The van der Waals surface area contributed by atoms with E-state index in [1.54, 1.807) is 0 Å². The van der Waals surface area contributed by atoms with E-state index in [9.17, 15) is 0 Å². The van der Waals surface area contributed by atoms with Gasteiger partial charge in [-0.2, -0.15) is 0 Å². The van der Waals surface area contributed by atoms with Crippen LogP contribution in [0.15, 0.2) is 18.2 Å². The average Bonchev–Trinajstić information content (AvgIpc) is 2.26. The third-order valence-corrected chi connectivity index (χ3v) is 3.24. The van der Waals surface area contributed by atoms with E-state index < -0.39 is 0 Å². The van der Waals surface area contributed by atoms with E-state index in [0.717, 1.165) is 18.4 Å². The Labute approximate surface area is 112 Å². The second-order valence-electron chi connectivity index (χ2n) is 6.01. The van der Waals surface area contributed by atoms with Gasteiger partial charge in [0.15, 0.2) is 0 Å². The third-order valence-electron chi connectivity index (χ3n) is 3.24. The molecule has 0 bridgehead atoms. The van der Waals surface area contributed by atoms with Gasteiger partial charge in [0, 0.05) is 32.0 Å². The van der Waals surface area contributed by atoms with Crippen molar-refractivity contribution in [2.75, 3.05) is 30.9 Å². The highest BCUT2D eigenvalue weighted by molar-refractivity contribution is 5.59. The van der Waals surface area contributed by atoms with Crippen LogP contribution < -0.4 is 10.2 Å². The van der Waals surface area contributed by atoms with Gasteiger partial charge in [0.1, 0.15) is 0 Å². The molecule has 2 heteroatoms. The molecule has 0 fully saturated rings. The van der Waals surface area contributed by atoms with Crippen LogP contribution in [0.25, 0.3) is 0 Å². The van der Waals surface area contributed by atoms with Gasteiger partial charge in [-0.05, 0) is 48.9 Å². The molecule has 0 aromatic heterocycles. The van der Waals surface area contributed by atoms with E-state index in [1.807, 2.05) is 0 Å². The van der Waals surface area contributed by atoms with E-state index in [0.29, 0.717) is 0 Å². The smallest absolute Gasteiger partial charge is 0.0371 e. The van der Waals surface area contributed by atoms with Crippen molar-refractivity contribution in [3.63, 3.8) is 0 Å². The van der Waals surface area contributed by atoms with Gasteiger partial charge in [-0.3, -0.25) is 0 Å². The zero-order valence-electron chi connectivity index (χ0n) is 12.7. The number of nitrogens with zero attached hydrogens (tertiary/aromatic N) is 1. The molecule has 0 spiro atoms. The summed E-state index contributed by atoms with van der Waals surface area (Å²) in [6, 6.07) is 6.59. The first kappa shape index (κ1) is 14.9. The maximum Gasteiger partial charge on any atom is 0.0371 e. The second-order valence-corrected chi connectivity index (χ2v) is 6.01. The summed E-state index contributed by atoms with van der Waals surface area (Å²) < 4.78 is 0. The number of anilines is 2. The quantitative estimate of drug-likeness (QED) is 0.813. The number of rotatable bonds is 6. The van der Waals surface area contributed by atoms with Crippen molar-refractivity contribution in [2.24, 2.45) is 11.8 Å². The molecular weight excluding hydrogens is 220 g/mol. The van der Waals surface area contributed by atoms with E-state index in [2.05, 4.69) is 70.2 Å². The van der Waals surface area contributed by atoms with Gasteiger partial charge in [0.2, 0.25) is 0 Å². The van der Waals surface area contributed by atoms with Crippen molar-refractivity contribution >= 4 is 11.4 Å². The summed E-state index contributed by atoms with van der Waals surface area (Å²) in [5.41, 5.74) is 3.84. The molecule has 1 aromatic rings. The Morgan fingerprint density at radius 3 is 2.33 bits per heavy atom. The topological polar surface area (TPSA) is 15.3 Å².